The van der Waals surface area contributed by atoms with E-state index in [2.05, 4.69) is 20.4 Å². The van der Waals surface area contributed by atoms with E-state index in [9.17, 15) is 9.59 Å². The quantitative estimate of drug-likeness (QED) is 0.743. The van der Waals surface area contributed by atoms with E-state index in [0.29, 0.717) is 6.54 Å². The van der Waals surface area contributed by atoms with E-state index < -0.39 is 11.9 Å². The van der Waals surface area contributed by atoms with Crippen molar-refractivity contribution in [1.29, 1.82) is 0 Å². The molecule has 0 unspecified atom stereocenters. The number of carbonyl (C=O) groups is 2. The third-order valence-corrected chi connectivity index (χ3v) is 2.92. The molecule has 7 heteroatoms. The Balaban J connectivity index is 2.25. The lowest BCUT2D eigenvalue weighted by Crippen LogP contribution is -2.24. The van der Waals surface area contributed by atoms with Gasteiger partial charge in [-0.3, -0.25) is 4.79 Å². The van der Waals surface area contributed by atoms with Crippen molar-refractivity contribution in [3.8, 4) is 5.69 Å². The summed E-state index contributed by atoms with van der Waals surface area (Å²) in [5, 5.41) is 10.3. The van der Waals surface area contributed by atoms with Gasteiger partial charge >= 0.3 is 5.97 Å². The van der Waals surface area contributed by atoms with E-state index in [4.69, 9.17) is 0 Å². The van der Waals surface area contributed by atoms with E-state index >= 15 is 0 Å². The molecule has 0 atom stereocenters. The van der Waals surface area contributed by atoms with Crippen LogP contribution in [0.2, 0.25) is 0 Å². The van der Waals surface area contributed by atoms with Gasteiger partial charge in [0.15, 0.2) is 5.69 Å². The molecule has 2 aromatic rings. The lowest BCUT2D eigenvalue weighted by molar-refractivity contribution is 0.0589. The second-order valence-electron chi connectivity index (χ2n) is 4.00. The van der Waals surface area contributed by atoms with Crippen LogP contribution in [-0.2, 0) is 11.3 Å². The van der Waals surface area contributed by atoms with Gasteiger partial charge in [-0.1, -0.05) is 23.4 Å². The summed E-state index contributed by atoms with van der Waals surface area (Å²) in [6.07, 6.45) is 0. The Labute approximate surface area is 108 Å². The van der Waals surface area contributed by atoms with E-state index in [0.717, 1.165) is 11.3 Å². The van der Waals surface area contributed by atoms with Crippen molar-refractivity contribution in [3.63, 3.8) is 0 Å². The standard InChI is InChI=1S/C12H10N4O3/c1-19-12(18)9-10-11(17)13-6-7-4-2-3-5-8(7)16(10)15-14-9/h2-5H,6H2,1H3,(H,13,17). The van der Waals surface area contributed by atoms with Crippen LogP contribution in [0.4, 0.5) is 0 Å². The van der Waals surface area contributed by atoms with Crippen molar-refractivity contribution in [1.82, 2.24) is 20.3 Å². The van der Waals surface area contributed by atoms with Gasteiger partial charge in [0.1, 0.15) is 0 Å². The molecule has 2 heterocycles. The van der Waals surface area contributed by atoms with E-state index in [1.165, 1.54) is 11.8 Å². The molecule has 0 saturated carbocycles. The number of aromatic nitrogens is 3. The average molecular weight is 258 g/mol. The zero-order valence-corrected chi connectivity index (χ0v) is 10.1. The minimum absolute atomic E-state index is 0.0864. The lowest BCUT2D eigenvalue weighted by atomic mass is 10.2. The molecule has 0 bridgehead atoms. The van der Waals surface area contributed by atoms with Crippen molar-refractivity contribution in [2.75, 3.05) is 7.11 Å². The van der Waals surface area contributed by atoms with Gasteiger partial charge < -0.3 is 10.1 Å². The highest BCUT2D eigenvalue weighted by atomic mass is 16.5. The number of methoxy groups -OCH3 is 1. The summed E-state index contributed by atoms with van der Waals surface area (Å²) in [6.45, 7) is 0.374. The van der Waals surface area contributed by atoms with Gasteiger partial charge in [0.25, 0.3) is 5.91 Å². The molecule has 0 aliphatic carbocycles. The molecule has 1 aromatic carbocycles. The number of carbonyl (C=O) groups excluding carboxylic acids is 2. The predicted octanol–water partition coefficient (Wildman–Crippen LogP) is 0.297. The molecular formula is C12H10N4O3. The Bertz CT molecular complexity index is 677. The maximum absolute atomic E-state index is 12.1. The highest BCUT2D eigenvalue weighted by Crippen LogP contribution is 2.20. The van der Waals surface area contributed by atoms with Gasteiger partial charge in [0, 0.05) is 6.54 Å². The number of nitrogens with zero attached hydrogens (tertiary/aromatic N) is 3. The summed E-state index contributed by atoms with van der Waals surface area (Å²) in [5.41, 5.74) is 1.63. The first kappa shape index (κ1) is 11.4. The fourth-order valence-electron chi connectivity index (χ4n) is 2.01. The van der Waals surface area contributed by atoms with Gasteiger partial charge in [0.05, 0.1) is 12.8 Å². The second-order valence-corrected chi connectivity index (χ2v) is 4.00. The van der Waals surface area contributed by atoms with E-state index in [-0.39, 0.29) is 11.4 Å². The number of hydrogen-bond acceptors (Lipinski definition) is 5. The summed E-state index contributed by atoms with van der Waals surface area (Å²) in [4.78, 5) is 23.7. The molecule has 1 aliphatic heterocycles. The smallest absolute Gasteiger partial charge is 0.361 e. The average Bonchev–Trinajstić information content (AvgIpc) is 2.83. The Morgan fingerprint density at radius 2 is 2.21 bits per heavy atom. The molecule has 0 spiro atoms. The number of fused-ring (bicyclic) bond motifs is 3. The largest absolute Gasteiger partial charge is 0.464 e. The second kappa shape index (κ2) is 4.20. The van der Waals surface area contributed by atoms with Crippen LogP contribution >= 0.6 is 0 Å². The van der Waals surface area contributed by atoms with Crippen LogP contribution in [0.15, 0.2) is 24.3 Å². The molecule has 1 amide bonds. The molecule has 96 valence electrons. The summed E-state index contributed by atoms with van der Waals surface area (Å²) < 4.78 is 5.97. The van der Waals surface area contributed by atoms with Crippen LogP contribution in [0.3, 0.4) is 0 Å². The fourth-order valence-corrected chi connectivity index (χ4v) is 2.01. The number of rotatable bonds is 1. The Morgan fingerprint density at radius 1 is 1.42 bits per heavy atom. The zero-order chi connectivity index (χ0) is 13.4. The van der Waals surface area contributed by atoms with E-state index in [1.807, 2.05) is 24.3 Å². The van der Waals surface area contributed by atoms with Gasteiger partial charge in [-0.25, -0.2) is 9.48 Å². The maximum atomic E-state index is 12.1. The topological polar surface area (TPSA) is 86.1 Å². The Hall–Kier alpha value is -2.70. The van der Waals surface area contributed by atoms with Gasteiger partial charge in [-0.2, -0.15) is 0 Å². The monoisotopic (exact) mass is 258 g/mol. The van der Waals surface area contributed by atoms with E-state index in [1.54, 1.807) is 0 Å². The molecule has 0 saturated heterocycles. The van der Waals surface area contributed by atoms with Crippen LogP contribution < -0.4 is 5.32 Å². The molecule has 0 fully saturated rings. The fraction of sp³-hybridized carbons (Fsp3) is 0.167. The third-order valence-electron chi connectivity index (χ3n) is 2.92. The number of esters is 1. The molecule has 1 aliphatic rings. The van der Waals surface area contributed by atoms with Gasteiger partial charge in [-0.05, 0) is 11.6 Å². The third kappa shape index (κ3) is 1.67. The SMILES string of the molecule is COC(=O)c1nnn2c1C(=O)NCc1ccccc1-2. The van der Waals surface area contributed by atoms with Gasteiger partial charge in [0.2, 0.25) is 5.69 Å². The molecule has 19 heavy (non-hydrogen) atoms. The van der Waals surface area contributed by atoms with Crippen LogP contribution in [0.1, 0.15) is 26.5 Å². The Kier molecular flexibility index (Phi) is 2.52. The number of nitrogens with one attached hydrogen (secondary N) is 1. The molecule has 3 rings (SSSR count). The van der Waals surface area contributed by atoms with Crippen molar-refractivity contribution in [2.24, 2.45) is 0 Å². The maximum Gasteiger partial charge on any atom is 0.361 e. The first-order valence-electron chi connectivity index (χ1n) is 5.63. The highest BCUT2D eigenvalue weighted by Gasteiger charge is 2.29. The number of hydrogen-bond donors (Lipinski definition) is 1. The van der Waals surface area contributed by atoms with Crippen molar-refractivity contribution >= 4 is 11.9 Å². The number of benzene rings is 1. The molecule has 1 N–H and O–H groups in total. The van der Waals surface area contributed by atoms with Gasteiger partial charge in [-0.15, -0.1) is 5.10 Å². The number of amides is 1. The van der Waals surface area contributed by atoms with Crippen LogP contribution in [0.5, 0.6) is 0 Å². The Morgan fingerprint density at radius 3 is 3.00 bits per heavy atom. The predicted molar refractivity (Wildman–Crippen MR) is 63.9 cm³/mol. The van der Waals surface area contributed by atoms with Crippen molar-refractivity contribution < 1.29 is 14.3 Å². The summed E-state index contributed by atoms with van der Waals surface area (Å²) in [6, 6.07) is 7.39. The van der Waals surface area contributed by atoms with Crippen LogP contribution in [-0.4, -0.2) is 34.0 Å². The minimum Gasteiger partial charge on any atom is -0.464 e. The summed E-state index contributed by atoms with van der Waals surface area (Å²) in [7, 11) is 1.23. The summed E-state index contributed by atoms with van der Waals surface area (Å²) in [5.74, 6) is -1.09. The number of ether oxygens (including phenoxy) is 1. The molecular weight excluding hydrogens is 248 g/mol. The normalized spacial score (nSPS) is 13.0. The molecule has 7 nitrogen and oxygen atoms in total. The van der Waals surface area contributed by atoms with Crippen LogP contribution in [0, 0.1) is 0 Å². The number of para-hydroxylation sites is 1. The molecule has 1 aromatic heterocycles. The minimum atomic E-state index is -0.684. The molecule has 0 radical (unpaired) electrons. The van der Waals surface area contributed by atoms with Crippen molar-refractivity contribution in [2.45, 2.75) is 6.54 Å². The first-order valence-corrected chi connectivity index (χ1v) is 5.63. The highest BCUT2D eigenvalue weighted by molar-refractivity contribution is 6.03. The van der Waals surface area contributed by atoms with Crippen LogP contribution in [0.25, 0.3) is 5.69 Å². The first-order chi connectivity index (χ1) is 9.22. The lowest BCUT2D eigenvalue weighted by Gasteiger charge is -2.04. The van der Waals surface area contributed by atoms with Crippen molar-refractivity contribution in [3.05, 3.63) is 41.2 Å². The zero-order valence-electron chi connectivity index (χ0n) is 10.1. The summed E-state index contributed by atoms with van der Waals surface area (Å²) >= 11 is 0.